The van der Waals surface area contributed by atoms with Gasteiger partial charge < -0.3 is 15.4 Å². The van der Waals surface area contributed by atoms with E-state index in [0.717, 1.165) is 67.2 Å². The number of aromatic nitrogens is 2. The number of pyridine rings is 1. The first-order valence-electron chi connectivity index (χ1n) is 13.4. The van der Waals surface area contributed by atoms with Gasteiger partial charge in [0.25, 0.3) is 0 Å². The number of rotatable bonds is 12. The van der Waals surface area contributed by atoms with Crippen molar-refractivity contribution in [3.05, 3.63) is 117 Å². The Morgan fingerprint density at radius 1 is 0.872 bits per heavy atom. The fourth-order valence-corrected chi connectivity index (χ4v) is 5.75. The average Bonchev–Trinajstić information content (AvgIpc) is 3.37. The van der Waals surface area contributed by atoms with Gasteiger partial charge in [-0.2, -0.15) is 0 Å². The summed E-state index contributed by atoms with van der Waals surface area (Å²) in [6, 6.07) is 25.4. The molecule has 6 nitrogen and oxygen atoms in total. The average molecular weight is 539 g/mol. The predicted octanol–water partition coefficient (Wildman–Crippen LogP) is 5.75. The third-order valence-corrected chi connectivity index (χ3v) is 7.98. The molecule has 200 valence electrons. The van der Waals surface area contributed by atoms with Crippen LogP contribution in [0.5, 0.6) is 5.75 Å². The lowest BCUT2D eigenvalue weighted by Crippen LogP contribution is -2.22. The van der Waals surface area contributed by atoms with Crippen molar-refractivity contribution in [1.82, 2.24) is 20.2 Å². The number of aromatic hydroxyl groups is 1. The highest BCUT2D eigenvalue weighted by atomic mass is 32.1. The molecule has 0 unspecified atom stereocenters. The van der Waals surface area contributed by atoms with E-state index in [1.807, 2.05) is 18.5 Å². The second-order valence-electron chi connectivity index (χ2n) is 9.77. The van der Waals surface area contributed by atoms with Crippen molar-refractivity contribution in [1.29, 1.82) is 0 Å². The van der Waals surface area contributed by atoms with E-state index in [2.05, 4.69) is 87.8 Å². The van der Waals surface area contributed by atoms with Crippen LogP contribution in [0, 0.1) is 0 Å². The summed E-state index contributed by atoms with van der Waals surface area (Å²) < 4.78 is 0.845. The molecule has 0 saturated heterocycles. The molecule has 3 aromatic carbocycles. The summed E-state index contributed by atoms with van der Waals surface area (Å²) in [5.41, 5.74) is 7.98. The molecule has 0 atom stereocenters. The maximum atomic E-state index is 11.7. The van der Waals surface area contributed by atoms with Crippen LogP contribution in [0.1, 0.15) is 29.2 Å². The monoisotopic (exact) mass is 538 g/mol. The molecule has 0 radical (unpaired) electrons. The molecule has 0 aliphatic heterocycles. The van der Waals surface area contributed by atoms with Crippen molar-refractivity contribution in [2.24, 2.45) is 0 Å². The van der Waals surface area contributed by atoms with Crippen molar-refractivity contribution < 1.29 is 5.11 Å². The molecule has 0 bridgehead atoms. The Kier molecular flexibility index (Phi) is 8.83. The number of benzene rings is 3. The Morgan fingerprint density at radius 3 is 2.44 bits per heavy atom. The van der Waals surface area contributed by atoms with Crippen molar-refractivity contribution in [3.63, 3.8) is 0 Å². The van der Waals surface area contributed by atoms with E-state index in [9.17, 15) is 9.90 Å². The van der Waals surface area contributed by atoms with Gasteiger partial charge in [0, 0.05) is 25.5 Å². The third-order valence-electron chi connectivity index (χ3n) is 7.02. The summed E-state index contributed by atoms with van der Waals surface area (Å²) in [6.07, 6.45) is 5.46. The maximum absolute atomic E-state index is 11.7. The van der Waals surface area contributed by atoms with Crippen LogP contribution in [0.2, 0.25) is 0 Å². The molecule has 2 aromatic heterocycles. The number of H-pyrrole nitrogens is 1. The lowest BCUT2D eigenvalue weighted by molar-refractivity contribution is 0.271. The van der Waals surface area contributed by atoms with Crippen LogP contribution in [-0.4, -0.2) is 39.6 Å². The molecular formula is C32H34N4O2S. The number of hydrogen-bond acceptors (Lipinski definition) is 6. The number of phenolic OH excluding ortho intramolecular Hbond substituents is 1. The number of phenols is 1. The Hall–Kier alpha value is -3.78. The first-order chi connectivity index (χ1) is 19.1. The second-order valence-corrected chi connectivity index (χ2v) is 10.8. The highest BCUT2D eigenvalue weighted by Gasteiger charge is 2.10. The van der Waals surface area contributed by atoms with Gasteiger partial charge in [-0.15, -0.1) is 0 Å². The van der Waals surface area contributed by atoms with E-state index in [1.165, 1.54) is 27.8 Å². The van der Waals surface area contributed by atoms with Crippen LogP contribution in [0.3, 0.4) is 0 Å². The zero-order chi connectivity index (χ0) is 27.0. The van der Waals surface area contributed by atoms with E-state index < -0.39 is 0 Å². The van der Waals surface area contributed by atoms with Gasteiger partial charge >= 0.3 is 4.87 Å². The second kappa shape index (κ2) is 12.8. The molecule has 0 aliphatic carbocycles. The van der Waals surface area contributed by atoms with Gasteiger partial charge in [-0.1, -0.05) is 66.8 Å². The normalized spacial score (nSPS) is 11.4. The molecule has 5 aromatic rings. The first-order valence-corrected chi connectivity index (χ1v) is 14.2. The van der Waals surface area contributed by atoms with Gasteiger partial charge in [0.15, 0.2) is 0 Å². The largest absolute Gasteiger partial charge is 0.506 e. The Balaban J connectivity index is 1.12. The highest BCUT2D eigenvalue weighted by molar-refractivity contribution is 7.16. The van der Waals surface area contributed by atoms with Crippen LogP contribution in [0.4, 0.5) is 0 Å². The number of hydrogen-bond donors (Lipinski definition) is 3. The number of thiazole rings is 1. The molecule has 0 amide bonds. The Bertz CT molecular complexity index is 1560. The van der Waals surface area contributed by atoms with Gasteiger partial charge in [-0.25, -0.2) is 0 Å². The van der Waals surface area contributed by atoms with E-state index in [-0.39, 0.29) is 10.6 Å². The molecule has 0 spiro atoms. The summed E-state index contributed by atoms with van der Waals surface area (Å²) in [5.74, 6) is 0.124. The topological polar surface area (TPSA) is 81.2 Å². The Morgan fingerprint density at radius 2 is 1.64 bits per heavy atom. The highest BCUT2D eigenvalue weighted by Crippen LogP contribution is 2.28. The standard InChI is InChI=1S/C32H34N4O2S/c1-2-36(21-24-13-17-33-18-14-24)22-25-4-3-5-28(20-25)26-8-6-23(7-9-26)12-16-34-19-15-27-10-11-29(37)30-31(27)39-32(38)35-30/h3-11,13-14,17-18,20,34,37H,2,12,15-16,19,21-22H2,1H3,(H,35,38). The summed E-state index contributed by atoms with van der Waals surface area (Å²) in [6.45, 7) is 6.71. The molecular weight excluding hydrogens is 504 g/mol. The summed E-state index contributed by atoms with van der Waals surface area (Å²) in [4.78, 5) is 20.8. The first kappa shape index (κ1) is 26.8. The summed E-state index contributed by atoms with van der Waals surface area (Å²) in [5, 5.41) is 13.5. The molecule has 0 aliphatic rings. The van der Waals surface area contributed by atoms with E-state index in [1.54, 1.807) is 6.07 Å². The number of aromatic amines is 1. The van der Waals surface area contributed by atoms with E-state index in [4.69, 9.17) is 0 Å². The van der Waals surface area contributed by atoms with E-state index in [0.29, 0.717) is 5.52 Å². The molecule has 39 heavy (non-hydrogen) atoms. The minimum Gasteiger partial charge on any atom is -0.506 e. The predicted molar refractivity (Wildman–Crippen MR) is 160 cm³/mol. The van der Waals surface area contributed by atoms with Crippen molar-refractivity contribution in [2.45, 2.75) is 32.9 Å². The minimum absolute atomic E-state index is 0.124. The molecule has 3 N–H and O–H groups in total. The molecule has 7 heteroatoms. The van der Waals surface area contributed by atoms with Gasteiger partial charge in [-0.05, 0) is 90.1 Å². The van der Waals surface area contributed by atoms with Crippen molar-refractivity contribution >= 4 is 21.6 Å². The zero-order valence-electron chi connectivity index (χ0n) is 22.2. The van der Waals surface area contributed by atoms with E-state index >= 15 is 0 Å². The number of nitrogens with one attached hydrogen (secondary N) is 2. The van der Waals surface area contributed by atoms with Crippen LogP contribution in [-0.2, 0) is 25.9 Å². The van der Waals surface area contributed by atoms with Crippen LogP contribution in [0.25, 0.3) is 21.3 Å². The fraction of sp³-hybridized carbons (Fsp3) is 0.250. The van der Waals surface area contributed by atoms with Crippen LogP contribution in [0.15, 0.2) is 90.0 Å². The zero-order valence-corrected chi connectivity index (χ0v) is 23.0. The van der Waals surface area contributed by atoms with Gasteiger partial charge in [0.2, 0.25) is 0 Å². The molecule has 0 saturated carbocycles. The smallest absolute Gasteiger partial charge is 0.305 e. The molecule has 2 heterocycles. The third kappa shape index (κ3) is 7.00. The Labute approximate surface area is 233 Å². The SMILES string of the molecule is CCN(Cc1ccncc1)Cc1cccc(-c2ccc(CCNCCc3ccc(O)c4[nH]c(=O)sc34)cc2)c1. The fourth-order valence-electron chi connectivity index (χ4n) is 4.85. The summed E-state index contributed by atoms with van der Waals surface area (Å²) >= 11 is 1.15. The van der Waals surface area contributed by atoms with Gasteiger partial charge in [-0.3, -0.25) is 14.7 Å². The number of nitrogens with zero attached hydrogens (tertiary/aromatic N) is 2. The maximum Gasteiger partial charge on any atom is 0.305 e. The number of fused-ring (bicyclic) bond motifs is 1. The minimum atomic E-state index is -0.139. The van der Waals surface area contributed by atoms with Crippen LogP contribution < -0.4 is 10.2 Å². The lowest BCUT2D eigenvalue weighted by Gasteiger charge is -2.21. The quantitative estimate of drug-likeness (QED) is 0.176. The molecule has 5 rings (SSSR count). The summed E-state index contributed by atoms with van der Waals surface area (Å²) in [7, 11) is 0. The van der Waals surface area contributed by atoms with Gasteiger partial charge in [0.05, 0.1) is 4.70 Å². The molecule has 0 fully saturated rings. The van der Waals surface area contributed by atoms with Crippen molar-refractivity contribution in [2.75, 3.05) is 19.6 Å². The van der Waals surface area contributed by atoms with Crippen LogP contribution >= 0.6 is 11.3 Å². The van der Waals surface area contributed by atoms with Crippen molar-refractivity contribution in [3.8, 4) is 16.9 Å². The lowest BCUT2D eigenvalue weighted by atomic mass is 10.0. The van der Waals surface area contributed by atoms with Gasteiger partial charge in [0.1, 0.15) is 11.3 Å².